The van der Waals surface area contributed by atoms with Gasteiger partial charge in [0.15, 0.2) is 12.5 Å². The minimum atomic E-state index is -1.57. The maximum absolute atomic E-state index is 13.3. The van der Waals surface area contributed by atoms with E-state index >= 15 is 0 Å². The Morgan fingerprint density at radius 3 is 2.47 bits per heavy atom. The smallest absolute Gasteiger partial charge is 0.246 e. The molecule has 6 N–H and O–H groups in total. The fourth-order valence-corrected chi connectivity index (χ4v) is 4.88. The fraction of sp³-hybridized carbons (Fsp3) is 0.652. The van der Waals surface area contributed by atoms with Crippen molar-refractivity contribution in [2.45, 2.75) is 67.7 Å². The van der Waals surface area contributed by atoms with Crippen molar-refractivity contribution >= 4 is 11.8 Å². The van der Waals surface area contributed by atoms with E-state index in [-0.39, 0.29) is 18.9 Å². The van der Waals surface area contributed by atoms with E-state index in [0.717, 1.165) is 0 Å². The molecule has 2 amide bonds. The molecule has 10 atom stereocenters. The third-order valence-corrected chi connectivity index (χ3v) is 6.96. The number of hydrogen-bond donors (Lipinski definition) is 5. The van der Waals surface area contributed by atoms with Crippen LogP contribution in [0, 0.1) is 0 Å². The number of aliphatic hydroxyl groups is 4. The average Bonchev–Trinajstić information content (AvgIpc) is 3.23. The summed E-state index contributed by atoms with van der Waals surface area (Å²) in [5.41, 5.74) is 6.20. The Morgan fingerprint density at radius 1 is 1.11 bits per heavy atom. The maximum Gasteiger partial charge on any atom is 0.246 e. The molecule has 2 fully saturated rings. The molecular formula is C23H34N4O9. The number of rotatable bonds is 6. The Morgan fingerprint density at radius 2 is 1.83 bits per heavy atom. The first kappa shape index (κ1) is 26.9. The van der Waals surface area contributed by atoms with Gasteiger partial charge in [0, 0.05) is 32.5 Å². The lowest BCUT2D eigenvalue weighted by Crippen LogP contribution is -2.59. The summed E-state index contributed by atoms with van der Waals surface area (Å²) in [6.07, 6.45) is -5.68. The van der Waals surface area contributed by atoms with Crippen LogP contribution in [0.1, 0.15) is 6.42 Å². The maximum atomic E-state index is 13.3. The largest absolute Gasteiger partial charge is 0.387 e. The molecule has 0 spiro atoms. The molecule has 2 saturated heterocycles. The molecular weight excluding hydrogens is 476 g/mol. The van der Waals surface area contributed by atoms with Crippen LogP contribution in [0.4, 0.5) is 0 Å². The number of nitrogens with two attached hydrogens (primary N) is 1. The van der Waals surface area contributed by atoms with Gasteiger partial charge in [-0.3, -0.25) is 19.4 Å². The number of hydrogen-bond acceptors (Lipinski definition) is 11. The lowest BCUT2D eigenvalue weighted by molar-refractivity contribution is -0.233. The SMILES string of the molecule is C=C1C=CN(C2OC(C(OC3OC(CN)C(O)C3O)C3C(=O)N(C)C=CCN3C)C(O)C2O)C(=O)C1. The molecule has 0 aromatic rings. The highest BCUT2D eigenvalue weighted by atomic mass is 16.7. The van der Waals surface area contributed by atoms with Crippen molar-refractivity contribution in [3.05, 3.63) is 36.7 Å². The van der Waals surface area contributed by atoms with Gasteiger partial charge >= 0.3 is 0 Å². The van der Waals surface area contributed by atoms with Gasteiger partial charge in [0.25, 0.3) is 0 Å². The van der Waals surface area contributed by atoms with Crippen LogP contribution in [-0.4, -0.2) is 135 Å². The number of carbonyl (C=O) groups is 2. The molecule has 0 saturated carbocycles. The van der Waals surface area contributed by atoms with Gasteiger partial charge in [-0.05, 0) is 18.7 Å². The van der Waals surface area contributed by atoms with Gasteiger partial charge < -0.3 is 45.3 Å². The summed E-state index contributed by atoms with van der Waals surface area (Å²) in [4.78, 5) is 30.1. The standard InChI is InChI=1S/C23H34N4O9/c1-11-5-8-27(13(28)9-11)22-17(31)16(30)20(35-22)19(14-21(33)26(3)7-4-6-25(14)2)36-23-18(32)15(29)12(10-24)34-23/h4-5,7-8,12,14-20,22-23,29-32H,1,6,9-10,24H2,2-3H3. The number of aliphatic hydroxyl groups excluding tert-OH is 4. The molecule has 0 bridgehead atoms. The predicted octanol–water partition coefficient (Wildman–Crippen LogP) is -3.19. The third-order valence-electron chi connectivity index (χ3n) is 6.96. The second-order valence-electron chi connectivity index (χ2n) is 9.50. The predicted molar refractivity (Wildman–Crippen MR) is 123 cm³/mol. The molecule has 4 aliphatic heterocycles. The highest BCUT2D eigenvalue weighted by molar-refractivity contribution is 5.84. The minimum Gasteiger partial charge on any atom is -0.387 e. The lowest BCUT2D eigenvalue weighted by atomic mass is 9.97. The number of amides is 2. The van der Waals surface area contributed by atoms with Gasteiger partial charge in [-0.2, -0.15) is 0 Å². The van der Waals surface area contributed by atoms with Crippen LogP contribution in [0.5, 0.6) is 0 Å². The molecule has 4 rings (SSSR count). The molecule has 4 heterocycles. The summed E-state index contributed by atoms with van der Waals surface area (Å²) in [6.45, 7) is 4.01. The first-order chi connectivity index (χ1) is 17.0. The van der Waals surface area contributed by atoms with E-state index in [9.17, 15) is 30.0 Å². The van der Waals surface area contributed by atoms with E-state index in [2.05, 4.69) is 6.58 Å². The van der Waals surface area contributed by atoms with Gasteiger partial charge in [-0.15, -0.1) is 0 Å². The van der Waals surface area contributed by atoms with Crippen LogP contribution in [0.2, 0.25) is 0 Å². The minimum absolute atomic E-state index is 0.0184. The summed E-state index contributed by atoms with van der Waals surface area (Å²) in [6, 6.07) is -1.05. The summed E-state index contributed by atoms with van der Waals surface area (Å²) in [7, 11) is 3.23. The molecule has 36 heavy (non-hydrogen) atoms. The van der Waals surface area contributed by atoms with Crippen molar-refractivity contribution < 1.29 is 44.2 Å². The van der Waals surface area contributed by atoms with Crippen LogP contribution in [0.3, 0.4) is 0 Å². The number of likely N-dealkylation sites (N-methyl/N-ethyl adjacent to an activating group) is 2. The molecule has 10 unspecified atom stereocenters. The van der Waals surface area contributed by atoms with E-state index in [0.29, 0.717) is 12.1 Å². The summed E-state index contributed by atoms with van der Waals surface area (Å²) in [5, 5.41) is 42.7. The number of carbonyl (C=O) groups excluding carboxylic acids is 2. The molecule has 200 valence electrons. The van der Waals surface area contributed by atoms with E-state index in [1.165, 1.54) is 16.0 Å². The Hall–Kier alpha value is -2.20. The van der Waals surface area contributed by atoms with Crippen LogP contribution in [-0.2, 0) is 23.8 Å². The summed E-state index contributed by atoms with van der Waals surface area (Å²) >= 11 is 0. The van der Waals surface area contributed by atoms with E-state index in [4.69, 9.17) is 19.9 Å². The fourth-order valence-electron chi connectivity index (χ4n) is 4.88. The molecule has 0 aromatic carbocycles. The van der Waals surface area contributed by atoms with Crippen molar-refractivity contribution in [1.82, 2.24) is 14.7 Å². The molecule has 0 aliphatic carbocycles. The first-order valence-corrected chi connectivity index (χ1v) is 11.7. The Bertz CT molecular complexity index is 929. The summed E-state index contributed by atoms with van der Waals surface area (Å²) < 4.78 is 17.6. The molecule has 13 nitrogen and oxygen atoms in total. The zero-order valence-electron chi connectivity index (χ0n) is 20.2. The van der Waals surface area contributed by atoms with Crippen molar-refractivity contribution in [2.24, 2.45) is 5.73 Å². The number of nitrogens with zero attached hydrogens (tertiary/aromatic N) is 3. The molecule has 0 radical (unpaired) electrons. The zero-order chi connectivity index (χ0) is 26.3. The highest BCUT2D eigenvalue weighted by Crippen LogP contribution is 2.34. The van der Waals surface area contributed by atoms with Crippen LogP contribution >= 0.6 is 0 Å². The first-order valence-electron chi connectivity index (χ1n) is 11.7. The van der Waals surface area contributed by atoms with Crippen LogP contribution < -0.4 is 5.73 Å². The van der Waals surface area contributed by atoms with Gasteiger partial charge in [-0.25, -0.2) is 0 Å². The van der Waals surface area contributed by atoms with Crippen molar-refractivity contribution in [3.8, 4) is 0 Å². The monoisotopic (exact) mass is 510 g/mol. The number of allylic oxidation sites excluding steroid dienone is 1. The zero-order valence-corrected chi connectivity index (χ0v) is 20.2. The number of ether oxygens (including phenoxy) is 3. The van der Waals surface area contributed by atoms with Gasteiger partial charge in [0.1, 0.15) is 48.8 Å². The molecule has 4 aliphatic rings. The third kappa shape index (κ3) is 4.86. The van der Waals surface area contributed by atoms with Gasteiger partial charge in [0.05, 0.1) is 6.42 Å². The van der Waals surface area contributed by atoms with E-state index in [1.54, 1.807) is 37.3 Å². The van der Waals surface area contributed by atoms with Crippen molar-refractivity contribution in [1.29, 1.82) is 0 Å². The lowest BCUT2D eigenvalue weighted by Gasteiger charge is -2.38. The normalized spacial score (nSPS) is 40.9. The highest BCUT2D eigenvalue weighted by Gasteiger charge is 2.55. The topological polar surface area (TPSA) is 178 Å². The quantitative estimate of drug-likeness (QED) is 0.243. The van der Waals surface area contributed by atoms with Gasteiger partial charge in [0.2, 0.25) is 11.8 Å². The van der Waals surface area contributed by atoms with E-state index in [1.807, 2.05) is 0 Å². The van der Waals surface area contributed by atoms with Gasteiger partial charge in [-0.1, -0.05) is 12.7 Å². The van der Waals surface area contributed by atoms with Crippen LogP contribution in [0.25, 0.3) is 0 Å². The Labute approximate surface area is 208 Å². The Kier molecular flexibility index (Phi) is 7.95. The van der Waals surface area contributed by atoms with Crippen molar-refractivity contribution in [2.75, 3.05) is 27.2 Å². The second-order valence-corrected chi connectivity index (χ2v) is 9.50. The second kappa shape index (κ2) is 10.7. The van der Waals surface area contributed by atoms with Crippen LogP contribution in [0.15, 0.2) is 36.7 Å². The summed E-state index contributed by atoms with van der Waals surface area (Å²) in [5.74, 6) is -0.787. The van der Waals surface area contributed by atoms with Crippen molar-refractivity contribution in [3.63, 3.8) is 0 Å². The Balaban J connectivity index is 1.66. The molecule has 0 aromatic heterocycles. The average molecular weight is 511 g/mol. The molecule has 13 heteroatoms. The van der Waals surface area contributed by atoms with E-state index < -0.39 is 67.2 Å².